The first kappa shape index (κ1) is 10.1. The van der Waals surface area contributed by atoms with Crippen LogP contribution in [0.5, 0.6) is 0 Å². The van der Waals surface area contributed by atoms with Crippen LogP contribution >= 0.6 is 0 Å². The first-order valence-electron chi connectivity index (χ1n) is 5.08. The third-order valence-corrected chi connectivity index (χ3v) is 2.60. The minimum atomic E-state index is 0.0567. The molecule has 0 radical (unpaired) electrons. The highest BCUT2D eigenvalue weighted by molar-refractivity contribution is 5.78. The molecule has 1 heterocycles. The van der Waals surface area contributed by atoms with E-state index in [0.29, 0.717) is 19.6 Å². The van der Waals surface area contributed by atoms with Crippen LogP contribution < -0.4 is 16.4 Å². The summed E-state index contributed by atoms with van der Waals surface area (Å²) in [7, 11) is 0. The normalized spacial score (nSPS) is 21.1. The number of nitrogens with one attached hydrogen (secondary N) is 2. The molecule has 0 spiro atoms. The Morgan fingerprint density at radius 1 is 1.47 bits per heavy atom. The van der Waals surface area contributed by atoms with Gasteiger partial charge in [-0.3, -0.25) is 10.1 Å². The van der Waals surface area contributed by atoms with Gasteiger partial charge in [0.15, 0.2) is 0 Å². The van der Waals surface area contributed by atoms with Crippen LogP contribution in [0.25, 0.3) is 0 Å². The van der Waals surface area contributed by atoms with Crippen LogP contribution in [-0.4, -0.2) is 19.0 Å². The van der Waals surface area contributed by atoms with Gasteiger partial charge in [0.1, 0.15) is 0 Å². The molecule has 1 aromatic rings. The lowest BCUT2D eigenvalue weighted by atomic mass is 10.0. The summed E-state index contributed by atoms with van der Waals surface area (Å²) in [6, 6.07) is 8.33. The quantitative estimate of drug-likeness (QED) is 0.632. The summed E-state index contributed by atoms with van der Waals surface area (Å²) in [6.45, 7) is 1.58. The maximum absolute atomic E-state index is 11.0. The van der Waals surface area contributed by atoms with Crippen molar-refractivity contribution >= 4 is 5.91 Å². The third kappa shape index (κ3) is 2.34. The van der Waals surface area contributed by atoms with E-state index in [9.17, 15) is 4.79 Å². The van der Waals surface area contributed by atoms with Gasteiger partial charge in [0.25, 0.3) is 0 Å². The number of hydrogen-bond donors (Lipinski definition) is 3. The molecule has 4 N–H and O–H groups in total. The maximum atomic E-state index is 11.0. The van der Waals surface area contributed by atoms with Gasteiger partial charge in [0, 0.05) is 13.1 Å². The molecule has 4 nitrogen and oxygen atoms in total. The fourth-order valence-electron chi connectivity index (χ4n) is 1.74. The predicted molar refractivity (Wildman–Crippen MR) is 58.1 cm³/mol. The average Bonchev–Trinajstić information content (AvgIpc) is 2.30. The van der Waals surface area contributed by atoms with Crippen LogP contribution in [-0.2, 0) is 11.3 Å². The molecule has 1 unspecified atom stereocenters. The summed E-state index contributed by atoms with van der Waals surface area (Å²) in [5.41, 5.74) is 7.88. The number of rotatable bonds is 2. The zero-order valence-corrected chi connectivity index (χ0v) is 8.49. The van der Waals surface area contributed by atoms with Crippen molar-refractivity contribution in [2.75, 3.05) is 13.1 Å². The molecule has 4 heteroatoms. The fraction of sp³-hybridized carbons (Fsp3) is 0.364. The van der Waals surface area contributed by atoms with Gasteiger partial charge in [-0.15, -0.1) is 0 Å². The van der Waals surface area contributed by atoms with E-state index in [0.717, 1.165) is 5.56 Å². The maximum Gasteiger partial charge on any atom is 0.234 e. The zero-order chi connectivity index (χ0) is 10.7. The molecule has 1 saturated heterocycles. The van der Waals surface area contributed by atoms with Gasteiger partial charge in [-0.05, 0) is 11.1 Å². The SMILES string of the molecule is NCc1cccc(C2CNC(=O)CN2)c1. The van der Waals surface area contributed by atoms with Crippen LogP contribution in [0.15, 0.2) is 24.3 Å². The molecule has 0 saturated carbocycles. The Bertz CT molecular complexity index is 355. The van der Waals surface area contributed by atoms with Gasteiger partial charge in [-0.2, -0.15) is 0 Å². The number of nitrogens with two attached hydrogens (primary N) is 1. The van der Waals surface area contributed by atoms with Crippen LogP contribution in [0.4, 0.5) is 0 Å². The van der Waals surface area contributed by atoms with Crippen molar-refractivity contribution in [3.63, 3.8) is 0 Å². The zero-order valence-electron chi connectivity index (χ0n) is 8.49. The monoisotopic (exact) mass is 205 g/mol. The van der Waals surface area contributed by atoms with E-state index in [1.807, 2.05) is 18.2 Å². The molecule has 1 aliphatic heterocycles. The molecule has 15 heavy (non-hydrogen) atoms. The highest BCUT2D eigenvalue weighted by Gasteiger charge is 2.18. The molecule has 1 aromatic carbocycles. The number of amides is 1. The van der Waals surface area contributed by atoms with Crippen LogP contribution in [0.1, 0.15) is 17.2 Å². The van der Waals surface area contributed by atoms with E-state index in [-0.39, 0.29) is 11.9 Å². The first-order chi connectivity index (χ1) is 7.29. The second kappa shape index (κ2) is 4.42. The van der Waals surface area contributed by atoms with E-state index in [1.165, 1.54) is 5.56 Å². The van der Waals surface area contributed by atoms with E-state index >= 15 is 0 Å². The Balaban J connectivity index is 2.11. The minimum Gasteiger partial charge on any atom is -0.353 e. The molecule has 0 bridgehead atoms. The van der Waals surface area contributed by atoms with Gasteiger partial charge in [-0.1, -0.05) is 24.3 Å². The fourth-order valence-corrected chi connectivity index (χ4v) is 1.74. The lowest BCUT2D eigenvalue weighted by Gasteiger charge is -2.24. The minimum absolute atomic E-state index is 0.0567. The second-order valence-electron chi connectivity index (χ2n) is 3.69. The van der Waals surface area contributed by atoms with Gasteiger partial charge >= 0.3 is 0 Å². The topological polar surface area (TPSA) is 67.1 Å². The van der Waals surface area contributed by atoms with Gasteiger partial charge in [-0.25, -0.2) is 0 Å². The molecular weight excluding hydrogens is 190 g/mol. The molecular formula is C11H15N3O. The van der Waals surface area contributed by atoms with Crippen molar-refractivity contribution < 1.29 is 4.79 Å². The van der Waals surface area contributed by atoms with E-state index in [2.05, 4.69) is 16.7 Å². The molecule has 80 valence electrons. The largest absolute Gasteiger partial charge is 0.353 e. The van der Waals surface area contributed by atoms with Crippen molar-refractivity contribution in [3.8, 4) is 0 Å². The summed E-state index contributed by atoms with van der Waals surface area (Å²) in [5, 5.41) is 6.02. The number of hydrogen-bond acceptors (Lipinski definition) is 3. The molecule has 1 amide bonds. The number of benzene rings is 1. The summed E-state index contributed by atoms with van der Waals surface area (Å²) in [5.74, 6) is 0.0567. The molecule has 2 rings (SSSR count). The third-order valence-electron chi connectivity index (χ3n) is 2.60. The Morgan fingerprint density at radius 2 is 2.33 bits per heavy atom. The number of carbonyl (C=O) groups is 1. The van der Waals surface area contributed by atoms with Crippen molar-refractivity contribution in [2.45, 2.75) is 12.6 Å². The van der Waals surface area contributed by atoms with Gasteiger partial charge in [0.05, 0.1) is 12.6 Å². The second-order valence-corrected chi connectivity index (χ2v) is 3.69. The average molecular weight is 205 g/mol. The van der Waals surface area contributed by atoms with Crippen molar-refractivity contribution in [1.82, 2.24) is 10.6 Å². The molecule has 1 atom stereocenters. The highest BCUT2D eigenvalue weighted by atomic mass is 16.2. The highest BCUT2D eigenvalue weighted by Crippen LogP contribution is 2.15. The first-order valence-corrected chi connectivity index (χ1v) is 5.08. The number of carbonyl (C=O) groups excluding carboxylic acids is 1. The molecule has 1 aliphatic rings. The smallest absolute Gasteiger partial charge is 0.234 e. The van der Waals surface area contributed by atoms with Gasteiger partial charge < -0.3 is 11.1 Å². The van der Waals surface area contributed by atoms with Crippen molar-refractivity contribution in [1.29, 1.82) is 0 Å². The Hall–Kier alpha value is -1.39. The summed E-state index contributed by atoms with van der Waals surface area (Å²) >= 11 is 0. The molecule has 0 aromatic heterocycles. The van der Waals surface area contributed by atoms with Crippen LogP contribution in [0.3, 0.4) is 0 Å². The summed E-state index contributed by atoms with van der Waals surface area (Å²) in [6.07, 6.45) is 0. The molecule has 1 fully saturated rings. The van der Waals surface area contributed by atoms with E-state index in [1.54, 1.807) is 0 Å². The summed E-state index contributed by atoms with van der Waals surface area (Å²) < 4.78 is 0. The predicted octanol–water partition coefficient (Wildman–Crippen LogP) is -0.0942. The van der Waals surface area contributed by atoms with Gasteiger partial charge in [0.2, 0.25) is 5.91 Å². The van der Waals surface area contributed by atoms with Crippen molar-refractivity contribution in [3.05, 3.63) is 35.4 Å². The molecule has 0 aliphatic carbocycles. The Labute approximate surface area is 88.9 Å². The van der Waals surface area contributed by atoms with Crippen LogP contribution in [0.2, 0.25) is 0 Å². The number of piperazine rings is 1. The standard InChI is InChI=1S/C11H15N3O/c12-5-8-2-1-3-9(4-8)10-6-14-11(15)7-13-10/h1-4,10,13H,5-7,12H2,(H,14,15). The van der Waals surface area contributed by atoms with E-state index in [4.69, 9.17) is 5.73 Å². The van der Waals surface area contributed by atoms with Crippen LogP contribution in [0, 0.1) is 0 Å². The van der Waals surface area contributed by atoms with E-state index < -0.39 is 0 Å². The van der Waals surface area contributed by atoms with Crippen molar-refractivity contribution in [2.24, 2.45) is 5.73 Å². The Morgan fingerprint density at radius 3 is 3.00 bits per heavy atom. The summed E-state index contributed by atoms with van der Waals surface area (Å²) in [4.78, 5) is 11.0. The lowest BCUT2D eigenvalue weighted by molar-refractivity contribution is -0.121. The lowest BCUT2D eigenvalue weighted by Crippen LogP contribution is -2.46. The Kier molecular flexibility index (Phi) is 2.99.